The molecular weight excluding hydrogens is 257 g/mol. The molecule has 0 spiro atoms. The summed E-state index contributed by atoms with van der Waals surface area (Å²) in [5, 5.41) is 0. The summed E-state index contributed by atoms with van der Waals surface area (Å²) < 4.78 is 37.3. The van der Waals surface area contributed by atoms with E-state index in [1.165, 1.54) is 18.2 Å². The van der Waals surface area contributed by atoms with Crippen LogP contribution in [-0.4, -0.2) is 9.97 Å². The third-order valence-corrected chi connectivity index (χ3v) is 2.49. The van der Waals surface area contributed by atoms with Crippen molar-refractivity contribution in [2.45, 2.75) is 12.7 Å². The number of hydrogen-bond donors (Lipinski definition) is 1. The summed E-state index contributed by atoms with van der Waals surface area (Å²) in [5.41, 5.74) is 13.3. The molecule has 0 unspecified atom stereocenters. The number of aromatic nitrogens is 2. The molecule has 0 saturated carbocycles. The maximum absolute atomic E-state index is 12.4. The lowest BCUT2D eigenvalue weighted by Gasteiger charge is -2.09. The highest BCUT2D eigenvalue weighted by atomic mass is 19.4. The quantitative estimate of drug-likeness (QED) is 0.906. The second-order valence-corrected chi connectivity index (χ2v) is 3.85. The lowest BCUT2D eigenvalue weighted by Crippen LogP contribution is -2.04. The minimum Gasteiger partial charge on any atom is -0.672 e. The summed E-state index contributed by atoms with van der Waals surface area (Å²) in [6.07, 6.45) is -4.37. The molecule has 0 saturated heterocycles. The van der Waals surface area contributed by atoms with Gasteiger partial charge >= 0.3 is 6.18 Å². The topological polar surface area (TPSA) is 75.6 Å². The van der Waals surface area contributed by atoms with Crippen molar-refractivity contribution in [2.24, 2.45) is 0 Å². The van der Waals surface area contributed by atoms with E-state index in [-0.39, 0.29) is 12.5 Å². The van der Waals surface area contributed by atoms with Crippen LogP contribution in [0.5, 0.6) is 0 Å². The Labute approximate surface area is 107 Å². The standard InChI is InChI=1S/C12H10F3N4/c13-12(14,15)8-3-1-7(2-4-8)10-5-9(6-16)18-11(17)19-10/h1-5,16H,6H2,(H2,17,18,19)/q-1. The fourth-order valence-corrected chi connectivity index (χ4v) is 1.59. The lowest BCUT2D eigenvalue weighted by molar-refractivity contribution is -0.137. The molecule has 0 bridgehead atoms. The lowest BCUT2D eigenvalue weighted by atomic mass is 10.1. The first-order valence-electron chi connectivity index (χ1n) is 5.36. The molecule has 0 atom stereocenters. The van der Waals surface area contributed by atoms with Gasteiger partial charge in [-0.15, -0.1) is 6.54 Å². The van der Waals surface area contributed by atoms with Gasteiger partial charge in [-0.2, -0.15) is 13.2 Å². The Hall–Kier alpha value is -2.15. The van der Waals surface area contributed by atoms with Crippen molar-refractivity contribution in [3.8, 4) is 11.3 Å². The van der Waals surface area contributed by atoms with Crippen LogP contribution in [0, 0.1) is 0 Å². The zero-order valence-electron chi connectivity index (χ0n) is 9.70. The zero-order valence-corrected chi connectivity index (χ0v) is 9.70. The Bertz CT molecular complexity index is 579. The molecule has 0 fully saturated rings. The third kappa shape index (κ3) is 3.00. The predicted molar refractivity (Wildman–Crippen MR) is 64.9 cm³/mol. The van der Waals surface area contributed by atoms with E-state index in [0.717, 1.165) is 12.1 Å². The molecule has 3 N–H and O–H groups in total. The summed E-state index contributed by atoms with van der Waals surface area (Å²) in [7, 11) is 0. The van der Waals surface area contributed by atoms with Crippen LogP contribution in [0.4, 0.5) is 19.1 Å². The maximum atomic E-state index is 12.4. The van der Waals surface area contributed by atoms with Crippen LogP contribution in [0.15, 0.2) is 30.3 Å². The molecular formula is C12H10F3N4-. The van der Waals surface area contributed by atoms with Crippen molar-refractivity contribution in [1.29, 1.82) is 0 Å². The summed E-state index contributed by atoms with van der Waals surface area (Å²) in [6, 6.07) is 6.13. The SMILES string of the molecule is [NH-]Cc1cc(-c2ccc(C(F)(F)F)cc2)nc(N)n1. The Morgan fingerprint density at radius 3 is 2.26 bits per heavy atom. The highest BCUT2D eigenvalue weighted by Gasteiger charge is 2.29. The first-order valence-corrected chi connectivity index (χ1v) is 5.36. The first-order chi connectivity index (χ1) is 8.90. The Kier molecular flexibility index (Phi) is 3.39. The minimum absolute atomic E-state index is 0.000326. The molecule has 0 aliphatic rings. The number of rotatable bonds is 2. The van der Waals surface area contributed by atoms with Crippen LogP contribution < -0.4 is 5.73 Å². The van der Waals surface area contributed by atoms with E-state index in [9.17, 15) is 13.2 Å². The third-order valence-electron chi connectivity index (χ3n) is 2.49. The number of anilines is 1. The van der Waals surface area contributed by atoms with Crippen molar-refractivity contribution >= 4 is 5.95 Å². The van der Waals surface area contributed by atoms with E-state index in [1.54, 1.807) is 0 Å². The van der Waals surface area contributed by atoms with Gasteiger partial charge in [0.1, 0.15) is 0 Å². The number of nitrogens with one attached hydrogen (secondary N) is 1. The van der Waals surface area contributed by atoms with Crippen LogP contribution >= 0.6 is 0 Å². The smallest absolute Gasteiger partial charge is 0.416 e. The Morgan fingerprint density at radius 2 is 1.74 bits per heavy atom. The molecule has 0 aliphatic carbocycles. The van der Waals surface area contributed by atoms with Gasteiger partial charge in [0, 0.05) is 11.3 Å². The highest BCUT2D eigenvalue weighted by molar-refractivity contribution is 5.61. The molecule has 100 valence electrons. The number of alkyl halides is 3. The molecule has 0 radical (unpaired) electrons. The van der Waals surface area contributed by atoms with Gasteiger partial charge in [0.15, 0.2) is 0 Å². The van der Waals surface area contributed by atoms with Gasteiger partial charge in [0.2, 0.25) is 5.95 Å². The zero-order chi connectivity index (χ0) is 14.0. The van der Waals surface area contributed by atoms with Crippen LogP contribution in [-0.2, 0) is 12.7 Å². The average Bonchev–Trinajstić information content (AvgIpc) is 2.37. The van der Waals surface area contributed by atoms with Gasteiger partial charge in [0.25, 0.3) is 0 Å². The number of hydrogen-bond acceptors (Lipinski definition) is 3. The fraction of sp³-hybridized carbons (Fsp3) is 0.167. The summed E-state index contributed by atoms with van der Waals surface area (Å²) in [4.78, 5) is 7.78. The minimum atomic E-state index is -4.37. The number of nitrogens with two attached hydrogens (primary N) is 1. The van der Waals surface area contributed by atoms with Crippen molar-refractivity contribution in [2.75, 3.05) is 5.73 Å². The van der Waals surface area contributed by atoms with E-state index in [4.69, 9.17) is 11.5 Å². The molecule has 7 heteroatoms. The van der Waals surface area contributed by atoms with Crippen LogP contribution in [0.2, 0.25) is 0 Å². The van der Waals surface area contributed by atoms with E-state index < -0.39 is 11.7 Å². The van der Waals surface area contributed by atoms with Gasteiger partial charge in [0.05, 0.1) is 11.3 Å². The van der Waals surface area contributed by atoms with E-state index in [2.05, 4.69) is 9.97 Å². The molecule has 4 nitrogen and oxygen atoms in total. The Balaban J connectivity index is 2.40. The first kappa shape index (κ1) is 13.3. The van der Waals surface area contributed by atoms with Crippen LogP contribution in [0.3, 0.4) is 0 Å². The normalized spacial score (nSPS) is 11.6. The van der Waals surface area contributed by atoms with Crippen molar-refractivity contribution < 1.29 is 13.2 Å². The molecule has 19 heavy (non-hydrogen) atoms. The molecule has 2 aromatic rings. The number of halogens is 3. The second kappa shape index (κ2) is 4.85. The summed E-state index contributed by atoms with van der Waals surface area (Å²) in [5.74, 6) is -0.000326. The van der Waals surface area contributed by atoms with Crippen molar-refractivity contribution in [3.05, 3.63) is 47.3 Å². The Morgan fingerprint density at radius 1 is 1.11 bits per heavy atom. The van der Waals surface area contributed by atoms with Gasteiger partial charge in [-0.1, -0.05) is 12.1 Å². The maximum Gasteiger partial charge on any atom is 0.416 e. The fourth-order valence-electron chi connectivity index (χ4n) is 1.59. The predicted octanol–water partition coefficient (Wildman–Crippen LogP) is 3.30. The molecule has 1 heterocycles. The molecule has 1 aromatic carbocycles. The molecule has 1 aromatic heterocycles. The number of benzene rings is 1. The number of nitrogen functional groups attached to an aromatic ring is 1. The summed E-state index contributed by atoms with van der Waals surface area (Å²) >= 11 is 0. The number of nitrogens with zero attached hydrogens (tertiary/aromatic N) is 2. The molecule has 2 rings (SSSR count). The van der Waals surface area contributed by atoms with Crippen LogP contribution in [0.1, 0.15) is 11.3 Å². The van der Waals surface area contributed by atoms with Gasteiger partial charge < -0.3 is 11.5 Å². The monoisotopic (exact) mass is 267 g/mol. The molecule has 0 amide bonds. The van der Waals surface area contributed by atoms with Crippen molar-refractivity contribution in [3.63, 3.8) is 0 Å². The highest BCUT2D eigenvalue weighted by Crippen LogP contribution is 2.30. The van der Waals surface area contributed by atoms with E-state index in [1.807, 2.05) is 0 Å². The molecule has 0 aliphatic heterocycles. The largest absolute Gasteiger partial charge is 0.672 e. The average molecular weight is 267 g/mol. The summed E-state index contributed by atoms with van der Waals surface area (Å²) in [6.45, 7) is -0.0691. The van der Waals surface area contributed by atoms with Crippen LogP contribution in [0.25, 0.3) is 17.0 Å². The van der Waals surface area contributed by atoms with E-state index in [0.29, 0.717) is 17.0 Å². The van der Waals surface area contributed by atoms with Gasteiger partial charge in [-0.25, -0.2) is 9.97 Å². The van der Waals surface area contributed by atoms with Crippen molar-refractivity contribution in [1.82, 2.24) is 9.97 Å². The van der Waals surface area contributed by atoms with Gasteiger partial charge in [-0.05, 0) is 18.2 Å². The second-order valence-electron chi connectivity index (χ2n) is 3.85. The van der Waals surface area contributed by atoms with E-state index >= 15 is 0 Å². The van der Waals surface area contributed by atoms with Gasteiger partial charge in [-0.3, -0.25) is 0 Å².